The molecule has 4 aromatic rings. The van der Waals surface area contributed by atoms with Gasteiger partial charge >= 0.3 is 5.97 Å². The number of methoxy groups -OCH3 is 1. The first-order valence-corrected chi connectivity index (χ1v) is 16.0. The third-order valence-electron chi connectivity index (χ3n) is 8.23. The largest absolute Gasteiger partial charge is 0.467 e. The number of nitrogens with zero attached hydrogens (tertiary/aromatic N) is 1. The normalized spacial score (nSPS) is 14.4. The van der Waals surface area contributed by atoms with Crippen molar-refractivity contribution in [1.82, 2.24) is 10.3 Å². The molecule has 44 heavy (non-hydrogen) atoms. The lowest BCUT2D eigenvalue weighted by molar-refractivity contribution is -0.142. The summed E-state index contributed by atoms with van der Waals surface area (Å²) in [5.41, 5.74) is 2.41. The number of ether oxygens (including phenoxy) is 2. The average Bonchev–Trinajstić information content (AvgIpc) is 3.69. The van der Waals surface area contributed by atoms with Gasteiger partial charge in [-0.25, -0.2) is 9.78 Å². The van der Waals surface area contributed by atoms with E-state index in [1.807, 2.05) is 30.3 Å². The predicted molar refractivity (Wildman–Crippen MR) is 174 cm³/mol. The first kappa shape index (κ1) is 31.4. The highest BCUT2D eigenvalue weighted by Gasteiger charge is 2.26. The van der Waals surface area contributed by atoms with E-state index in [4.69, 9.17) is 14.5 Å². The minimum Gasteiger partial charge on any atom is -0.467 e. The van der Waals surface area contributed by atoms with Crippen molar-refractivity contribution in [2.45, 2.75) is 77.7 Å². The summed E-state index contributed by atoms with van der Waals surface area (Å²) in [6.07, 6.45) is 5.68. The Labute approximate surface area is 263 Å². The van der Waals surface area contributed by atoms with Crippen LogP contribution in [0.2, 0.25) is 0 Å². The van der Waals surface area contributed by atoms with E-state index >= 15 is 0 Å². The number of esters is 1. The van der Waals surface area contributed by atoms with Crippen LogP contribution in [0.1, 0.15) is 89.7 Å². The molecule has 230 valence electrons. The van der Waals surface area contributed by atoms with Crippen LogP contribution >= 0.6 is 11.3 Å². The summed E-state index contributed by atoms with van der Waals surface area (Å²) in [5, 5.41) is 4.67. The molecule has 1 aliphatic rings. The number of rotatable bonds is 10. The van der Waals surface area contributed by atoms with Crippen LogP contribution in [-0.2, 0) is 27.8 Å². The SMILES string of the molecule is COC(=O)C(Cc1ccc(C(C)=O)s1)NC(=O)c1cc2ccc(Oc3ccc(C(C)(C)C)cc3)cc2c(CC2CCCC2)n1. The summed E-state index contributed by atoms with van der Waals surface area (Å²) in [5.74, 6) is 0.934. The Bertz CT molecular complexity index is 1660. The Morgan fingerprint density at radius 1 is 0.977 bits per heavy atom. The second-order valence-electron chi connectivity index (χ2n) is 12.6. The topological polar surface area (TPSA) is 94.6 Å². The number of Topliss-reactive ketones (excluding diaryl/α,β-unsaturated/α-hetero) is 1. The number of thiophene rings is 1. The van der Waals surface area contributed by atoms with Gasteiger partial charge in [-0.2, -0.15) is 0 Å². The van der Waals surface area contributed by atoms with Crippen LogP contribution in [-0.4, -0.2) is 35.8 Å². The molecule has 1 fully saturated rings. The zero-order chi connectivity index (χ0) is 31.4. The smallest absolute Gasteiger partial charge is 0.328 e. The predicted octanol–water partition coefficient (Wildman–Crippen LogP) is 7.84. The maximum absolute atomic E-state index is 13.6. The molecule has 1 aliphatic carbocycles. The zero-order valence-corrected chi connectivity index (χ0v) is 26.9. The summed E-state index contributed by atoms with van der Waals surface area (Å²) >= 11 is 1.31. The number of aromatic nitrogens is 1. The summed E-state index contributed by atoms with van der Waals surface area (Å²) in [6.45, 7) is 8.06. The fraction of sp³-hybridized carbons (Fsp3) is 0.389. The van der Waals surface area contributed by atoms with Gasteiger partial charge in [-0.05, 0) is 78.1 Å². The van der Waals surface area contributed by atoms with Gasteiger partial charge in [0.2, 0.25) is 0 Å². The van der Waals surface area contributed by atoms with Gasteiger partial charge in [-0.1, -0.05) is 64.7 Å². The second kappa shape index (κ2) is 13.3. The molecule has 1 amide bonds. The highest BCUT2D eigenvalue weighted by atomic mass is 32.1. The molecule has 7 nitrogen and oxygen atoms in total. The van der Waals surface area contributed by atoms with Crippen molar-refractivity contribution in [3.8, 4) is 11.5 Å². The number of fused-ring (bicyclic) bond motifs is 1. The summed E-state index contributed by atoms with van der Waals surface area (Å²) in [7, 11) is 1.30. The molecule has 2 aromatic heterocycles. The minimum atomic E-state index is -0.915. The fourth-order valence-corrected chi connectivity index (χ4v) is 6.67. The van der Waals surface area contributed by atoms with Gasteiger partial charge < -0.3 is 14.8 Å². The molecule has 1 atom stereocenters. The molecule has 2 heterocycles. The molecule has 2 aromatic carbocycles. The maximum Gasteiger partial charge on any atom is 0.328 e. The van der Waals surface area contributed by atoms with Crippen molar-refractivity contribution in [2.24, 2.45) is 5.92 Å². The monoisotopic (exact) mass is 612 g/mol. The molecule has 8 heteroatoms. The molecule has 0 aliphatic heterocycles. The molecule has 0 saturated heterocycles. The quantitative estimate of drug-likeness (QED) is 0.145. The number of carbonyl (C=O) groups is 3. The van der Waals surface area contributed by atoms with Gasteiger partial charge in [-0.3, -0.25) is 9.59 Å². The number of nitrogens with one attached hydrogen (secondary N) is 1. The Morgan fingerprint density at radius 3 is 2.32 bits per heavy atom. The molecule has 1 saturated carbocycles. The van der Waals surface area contributed by atoms with E-state index < -0.39 is 17.9 Å². The fourth-order valence-electron chi connectivity index (χ4n) is 5.72. The molecule has 1 N–H and O–H groups in total. The standard InChI is InChI=1S/C36H40N2O5S/c1-22(39)33-17-16-28(44-33)21-32(35(41)42-5)38-34(40)31-19-24-10-13-27(43-26-14-11-25(12-15-26)36(2,3)4)20-29(24)30(37-31)18-23-8-6-7-9-23/h10-17,19-20,23,32H,6-9,18,21H2,1-5H3,(H,38,40). The second-order valence-corrected chi connectivity index (χ2v) is 13.8. The molecular formula is C36H40N2O5S. The zero-order valence-electron chi connectivity index (χ0n) is 26.1. The number of ketones is 1. The number of amides is 1. The minimum absolute atomic E-state index is 0.0398. The van der Waals surface area contributed by atoms with E-state index in [0.717, 1.165) is 46.4 Å². The Hall–Kier alpha value is -4.04. The molecule has 0 spiro atoms. The number of hydrogen-bond donors (Lipinski definition) is 1. The lowest BCUT2D eigenvalue weighted by Gasteiger charge is -2.19. The van der Waals surface area contributed by atoms with Crippen LogP contribution in [0.15, 0.2) is 60.7 Å². The van der Waals surface area contributed by atoms with Crippen molar-refractivity contribution >= 4 is 39.8 Å². The van der Waals surface area contributed by atoms with Crippen molar-refractivity contribution in [3.63, 3.8) is 0 Å². The van der Waals surface area contributed by atoms with E-state index in [-0.39, 0.29) is 23.3 Å². The number of carbonyl (C=O) groups excluding carboxylic acids is 3. The van der Waals surface area contributed by atoms with E-state index in [1.165, 1.54) is 43.8 Å². The third-order valence-corrected chi connectivity index (χ3v) is 9.44. The van der Waals surface area contributed by atoms with Crippen LogP contribution in [0.5, 0.6) is 11.5 Å². The van der Waals surface area contributed by atoms with Gasteiger partial charge in [0, 0.05) is 22.4 Å². The molecule has 5 rings (SSSR count). The Kier molecular flexibility index (Phi) is 9.49. The molecular weight excluding hydrogens is 572 g/mol. The highest BCUT2D eigenvalue weighted by Crippen LogP contribution is 2.33. The van der Waals surface area contributed by atoms with Gasteiger partial charge in [0.15, 0.2) is 5.78 Å². The lowest BCUT2D eigenvalue weighted by Crippen LogP contribution is -2.43. The van der Waals surface area contributed by atoms with Gasteiger partial charge in [0.1, 0.15) is 23.2 Å². The Balaban J connectivity index is 1.42. The van der Waals surface area contributed by atoms with Crippen LogP contribution in [0.4, 0.5) is 0 Å². The van der Waals surface area contributed by atoms with Crippen molar-refractivity contribution in [3.05, 3.63) is 87.4 Å². The van der Waals surface area contributed by atoms with Crippen LogP contribution in [0.25, 0.3) is 10.8 Å². The molecule has 1 unspecified atom stereocenters. The van der Waals surface area contributed by atoms with Gasteiger partial charge in [0.25, 0.3) is 5.91 Å². The summed E-state index contributed by atoms with van der Waals surface area (Å²) in [4.78, 5) is 44.2. The van der Waals surface area contributed by atoms with E-state index in [9.17, 15) is 14.4 Å². The van der Waals surface area contributed by atoms with Crippen molar-refractivity contribution in [1.29, 1.82) is 0 Å². The van der Waals surface area contributed by atoms with E-state index in [0.29, 0.717) is 16.5 Å². The average molecular weight is 613 g/mol. The van der Waals surface area contributed by atoms with Crippen LogP contribution in [0, 0.1) is 5.92 Å². The van der Waals surface area contributed by atoms with E-state index in [1.54, 1.807) is 18.2 Å². The van der Waals surface area contributed by atoms with Gasteiger partial charge in [0.05, 0.1) is 12.0 Å². The number of benzene rings is 2. The lowest BCUT2D eigenvalue weighted by atomic mass is 9.87. The first-order valence-electron chi connectivity index (χ1n) is 15.2. The molecule has 0 radical (unpaired) electrons. The van der Waals surface area contributed by atoms with Crippen LogP contribution < -0.4 is 10.1 Å². The van der Waals surface area contributed by atoms with E-state index in [2.05, 4.69) is 38.2 Å². The first-order chi connectivity index (χ1) is 21.0. The van der Waals surface area contributed by atoms with Crippen LogP contribution in [0.3, 0.4) is 0 Å². The Morgan fingerprint density at radius 2 is 1.68 bits per heavy atom. The maximum atomic E-state index is 13.6. The third kappa shape index (κ3) is 7.53. The number of hydrogen-bond acceptors (Lipinski definition) is 7. The van der Waals surface area contributed by atoms with Crippen molar-refractivity contribution < 1.29 is 23.9 Å². The van der Waals surface area contributed by atoms with Gasteiger partial charge in [-0.15, -0.1) is 11.3 Å². The number of pyridine rings is 1. The molecule has 0 bridgehead atoms. The summed E-state index contributed by atoms with van der Waals surface area (Å²) < 4.78 is 11.2. The summed E-state index contributed by atoms with van der Waals surface area (Å²) in [6, 6.07) is 18.4. The highest BCUT2D eigenvalue weighted by molar-refractivity contribution is 7.14. The van der Waals surface area contributed by atoms with Crippen molar-refractivity contribution in [2.75, 3.05) is 7.11 Å².